The van der Waals surface area contributed by atoms with Gasteiger partial charge in [0.25, 0.3) is 22.6 Å². The zero-order valence-electron chi connectivity index (χ0n) is 17.8. The second kappa shape index (κ2) is 7.75. The van der Waals surface area contributed by atoms with Crippen molar-refractivity contribution in [3.05, 3.63) is 118 Å². The van der Waals surface area contributed by atoms with E-state index in [-0.39, 0.29) is 0 Å². The Hall–Kier alpha value is -3.17. The highest BCUT2D eigenvalue weighted by molar-refractivity contribution is 6.12. The minimum atomic E-state index is 1.29. The molecule has 0 fully saturated rings. The molecule has 0 saturated carbocycles. The lowest BCUT2D eigenvalue weighted by molar-refractivity contribution is -0.324. The normalized spacial score (nSPS) is 11.4. The summed E-state index contributed by atoms with van der Waals surface area (Å²) in [5.41, 5.74) is 6.49. The fraction of sp³-hybridized carbons (Fsp3) is 0.0323. The lowest BCUT2D eigenvalue weighted by Crippen LogP contribution is -3.34. The Bertz CT molecular complexity index is 1520. The van der Waals surface area contributed by atoms with Crippen molar-refractivity contribution in [2.45, 2.75) is 6.92 Å². The first kappa shape index (κ1) is 19.5. The Morgan fingerprint density at radius 1 is 0.375 bits per heavy atom. The third kappa shape index (κ3) is 3.03. The van der Waals surface area contributed by atoms with Crippen LogP contribution in [0.1, 0.15) is 5.56 Å². The highest BCUT2D eigenvalue weighted by Gasteiger charge is 2.14. The maximum absolute atomic E-state index is 2.28. The summed E-state index contributed by atoms with van der Waals surface area (Å²) in [5.74, 6) is 0. The molecule has 0 aliphatic carbocycles. The van der Waals surface area contributed by atoms with Crippen molar-refractivity contribution in [3.63, 3.8) is 0 Å². The summed E-state index contributed by atoms with van der Waals surface area (Å²) >= 11 is 2.11. The predicted molar refractivity (Wildman–Crippen MR) is 135 cm³/mol. The summed E-state index contributed by atoms with van der Waals surface area (Å²) in [6, 6.07) is 40.0. The van der Waals surface area contributed by atoms with Gasteiger partial charge in [0.15, 0.2) is 3.57 Å². The van der Waals surface area contributed by atoms with E-state index in [4.69, 9.17) is 0 Å². The van der Waals surface area contributed by atoms with Gasteiger partial charge in [0.05, 0.1) is 0 Å². The van der Waals surface area contributed by atoms with Crippen LogP contribution < -0.4 is 22.6 Å². The Labute approximate surface area is 201 Å². The van der Waals surface area contributed by atoms with Crippen molar-refractivity contribution in [2.24, 2.45) is 0 Å². The third-order valence-corrected chi connectivity index (χ3v) is 7.54. The molecule has 0 nitrogen and oxygen atoms in total. The molecule has 0 unspecified atom stereocenters. The van der Waals surface area contributed by atoms with Crippen LogP contribution in [0.3, 0.4) is 0 Å². The molecule has 6 aromatic carbocycles. The lowest BCUT2D eigenvalue weighted by atomic mass is 9.89. The largest absolute Gasteiger partial charge is 0.297 e. The molecule has 32 heavy (non-hydrogen) atoms. The van der Waals surface area contributed by atoms with Gasteiger partial charge in [-0.2, -0.15) is 0 Å². The standard InChI is InChI=1S/C31H22I/c1-20-16-17-28(22-9-3-2-8-21(20)22)25-14-6-13-24-23(25)12-7-15-26(24)29-18-19-31(32)30-11-5-4-10-27(29)30/h2-19,32H,1H3/q+1. The number of aryl methyl sites for hydroxylation is 1. The van der Waals surface area contributed by atoms with E-state index in [9.17, 15) is 0 Å². The molecule has 6 aromatic rings. The topological polar surface area (TPSA) is 0 Å². The van der Waals surface area contributed by atoms with Gasteiger partial charge >= 0.3 is 0 Å². The van der Waals surface area contributed by atoms with E-state index in [0.29, 0.717) is 0 Å². The van der Waals surface area contributed by atoms with Crippen molar-refractivity contribution in [1.29, 1.82) is 0 Å². The van der Waals surface area contributed by atoms with Crippen molar-refractivity contribution >= 4 is 32.3 Å². The molecule has 0 amide bonds. The SMILES string of the molecule is Cc1ccc(-c2cccc3c(-c4ccc([IH+])c5ccccc45)cccc23)c2ccccc12. The van der Waals surface area contributed by atoms with E-state index in [1.165, 1.54) is 63.7 Å². The van der Waals surface area contributed by atoms with Crippen LogP contribution in [0, 0.1) is 10.5 Å². The van der Waals surface area contributed by atoms with E-state index in [1.54, 1.807) is 0 Å². The second-order valence-corrected chi connectivity index (χ2v) is 9.59. The van der Waals surface area contributed by atoms with Crippen molar-refractivity contribution in [3.8, 4) is 22.3 Å². The maximum Gasteiger partial charge on any atom is 0.297 e. The van der Waals surface area contributed by atoms with Crippen LogP contribution >= 0.6 is 0 Å². The van der Waals surface area contributed by atoms with Gasteiger partial charge in [-0.1, -0.05) is 91.0 Å². The molecule has 0 aliphatic rings. The molecule has 0 bridgehead atoms. The van der Waals surface area contributed by atoms with E-state index in [1.807, 2.05) is 0 Å². The van der Waals surface area contributed by atoms with Gasteiger partial charge in [-0.25, -0.2) is 0 Å². The van der Waals surface area contributed by atoms with Gasteiger partial charge in [0, 0.05) is 5.39 Å². The van der Waals surface area contributed by atoms with Crippen LogP contribution in [0.25, 0.3) is 54.6 Å². The minimum absolute atomic E-state index is 1.29. The number of rotatable bonds is 2. The third-order valence-electron chi connectivity index (χ3n) is 6.53. The van der Waals surface area contributed by atoms with E-state index in [2.05, 4.69) is 139 Å². The Morgan fingerprint density at radius 2 is 0.781 bits per heavy atom. The van der Waals surface area contributed by atoms with Gasteiger partial charge < -0.3 is 0 Å². The number of halogens is 1. The van der Waals surface area contributed by atoms with E-state index in [0.717, 1.165) is 0 Å². The summed E-state index contributed by atoms with van der Waals surface area (Å²) in [4.78, 5) is 0. The lowest BCUT2D eigenvalue weighted by Gasteiger charge is -2.15. The number of benzene rings is 6. The average molecular weight is 521 g/mol. The molecule has 0 heterocycles. The summed E-state index contributed by atoms with van der Waals surface area (Å²) in [5, 5.41) is 7.87. The van der Waals surface area contributed by atoms with Crippen LogP contribution in [0.15, 0.2) is 109 Å². The molecule has 0 aromatic heterocycles. The minimum Gasteiger partial charge on any atom is -0.0616 e. The first-order valence-corrected chi connectivity index (χ1v) is 12.1. The Morgan fingerprint density at radius 3 is 1.41 bits per heavy atom. The van der Waals surface area contributed by atoms with Crippen LogP contribution in [0.5, 0.6) is 0 Å². The van der Waals surface area contributed by atoms with Crippen LogP contribution in [-0.4, -0.2) is 0 Å². The first-order chi connectivity index (χ1) is 15.7. The molecule has 0 radical (unpaired) electrons. The first-order valence-electron chi connectivity index (χ1n) is 10.9. The predicted octanol–water partition coefficient (Wildman–Crippen LogP) is 5.24. The van der Waals surface area contributed by atoms with Gasteiger partial charge in [0.1, 0.15) is 0 Å². The van der Waals surface area contributed by atoms with Gasteiger partial charge in [0.2, 0.25) is 0 Å². The van der Waals surface area contributed by atoms with Crippen molar-refractivity contribution in [1.82, 2.24) is 0 Å². The molecule has 6 rings (SSSR count). The molecule has 0 aliphatic heterocycles. The number of hydrogen-bond donors (Lipinski definition) is 0. The van der Waals surface area contributed by atoms with Crippen LogP contribution in [0.4, 0.5) is 0 Å². The fourth-order valence-corrected chi connectivity index (χ4v) is 5.67. The van der Waals surface area contributed by atoms with Gasteiger partial charge in [-0.15, -0.1) is 0 Å². The van der Waals surface area contributed by atoms with Gasteiger partial charge in [-0.3, -0.25) is 0 Å². The summed E-state index contributed by atoms with van der Waals surface area (Å²) in [7, 11) is 0. The molecule has 152 valence electrons. The summed E-state index contributed by atoms with van der Waals surface area (Å²) < 4.78 is 1.33. The quantitative estimate of drug-likeness (QED) is 0.274. The monoisotopic (exact) mass is 521 g/mol. The molecular formula is C31H22I+. The van der Waals surface area contributed by atoms with E-state index < -0.39 is 0 Å². The fourth-order valence-electron chi connectivity index (χ4n) is 4.97. The zero-order valence-corrected chi connectivity index (χ0v) is 20.1. The summed E-state index contributed by atoms with van der Waals surface area (Å²) in [6.07, 6.45) is 0. The summed E-state index contributed by atoms with van der Waals surface area (Å²) in [6.45, 7) is 2.19. The van der Waals surface area contributed by atoms with Crippen molar-refractivity contribution in [2.75, 3.05) is 0 Å². The number of hydrogen-bond acceptors (Lipinski definition) is 0. The van der Waals surface area contributed by atoms with Crippen LogP contribution in [-0.2, 0) is 0 Å². The Balaban J connectivity index is 1.67. The molecule has 0 atom stereocenters. The number of fused-ring (bicyclic) bond motifs is 3. The Kier molecular flexibility index (Phi) is 4.73. The van der Waals surface area contributed by atoms with E-state index >= 15 is 0 Å². The maximum atomic E-state index is 2.28. The highest BCUT2D eigenvalue weighted by atomic mass is 127. The molecule has 0 N–H and O–H groups in total. The molecule has 0 saturated heterocycles. The van der Waals surface area contributed by atoms with Gasteiger partial charge in [-0.05, 0) is 79.9 Å². The van der Waals surface area contributed by atoms with Crippen molar-refractivity contribution < 1.29 is 22.6 Å². The smallest absolute Gasteiger partial charge is 0.0616 e. The average Bonchev–Trinajstić information content (AvgIpc) is 2.85. The molecular weight excluding hydrogens is 499 g/mol. The highest BCUT2D eigenvalue weighted by Crippen LogP contribution is 2.39. The second-order valence-electron chi connectivity index (χ2n) is 8.34. The van der Waals surface area contributed by atoms with Crippen LogP contribution in [0.2, 0.25) is 0 Å². The molecule has 0 spiro atoms. The zero-order chi connectivity index (χ0) is 21.7. The molecule has 1 heteroatoms.